The van der Waals surface area contributed by atoms with Gasteiger partial charge < -0.3 is 9.47 Å². The van der Waals surface area contributed by atoms with Gasteiger partial charge in [0, 0.05) is 30.7 Å². The molecule has 1 saturated carbocycles. The van der Waals surface area contributed by atoms with Crippen molar-refractivity contribution >= 4 is 22.0 Å². The van der Waals surface area contributed by atoms with Crippen LogP contribution in [-0.4, -0.2) is 59.5 Å². The predicted octanol–water partition coefficient (Wildman–Crippen LogP) is 4.98. The molecular weight excluding hydrogens is 453 g/mol. The molecule has 1 saturated heterocycles. The molecule has 1 aromatic carbocycles. The van der Waals surface area contributed by atoms with E-state index in [1.165, 1.54) is 6.07 Å². The minimum Gasteiger partial charge on any atom is -0.484 e. The molecular formula is C20H26BrF3N2O3. The third-order valence-corrected chi connectivity index (χ3v) is 5.37. The summed E-state index contributed by atoms with van der Waals surface area (Å²) in [5, 5.41) is 0. The Bertz CT molecular complexity index is 760. The van der Waals surface area contributed by atoms with Gasteiger partial charge in [-0.15, -0.1) is 0 Å². The Morgan fingerprint density at radius 2 is 1.86 bits per heavy atom. The molecule has 0 aromatic heterocycles. The normalized spacial score (nSPS) is 19.3. The van der Waals surface area contributed by atoms with Gasteiger partial charge >= 0.3 is 12.3 Å². The second kappa shape index (κ2) is 7.98. The molecule has 1 aliphatic heterocycles. The standard InChI is InChI=1S/C20H26BrF3N2O3/c1-18(2,3)29-17(27)26-7-6-25(12-19(26)4-5-19)11-14-8-15(21)10-16(9-14)28-13-20(22,23)24/h8-10H,4-7,11-13H2,1-3H3. The molecule has 1 heterocycles. The zero-order valence-electron chi connectivity index (χ0n) is 16.8. The predicted molar refractivity (Wildman–Crippen MR) is 106 cm³/mol. The molecule has 0 unspecified atom stereocenters. The molecule has 0 atom stereocenters. The van der Waals surface area contributed by atoms with Gasteiger partial charge in [-0.1, -0.05) is 15.9 Å². The van der Waals surface area contributed by atoms with Crippen LogP contribution in [0.1, 0.15) is 39.2 Å². The van der Waals surface area contributed by atoms with Crippen molar-refractivity contribution in [2.45, 2.75) is 57.5 Å². The zero-order chi connectivity index (χ0) is 21.4. The van der Waals surface area contributed by atoms with E-state index in [0.717, 1.165) is 24.9 Å². The van der Waals surface area contributed by atoms with Gasteiger partial charge in [0.25, 0.3) is 0 Å². The molecule has 29 heavy (non-hydrogen) atoms. The first-order chi connectivity index (χ1) is 13.4. The fourth-order valence-electron chi connectivity index (χ4n) is 3.59. The molecule has 2 aliphatic rings. The topological polar surface area (TPSA) is 42.0 Å². The molecule has 1 aliphatic carbocycles. The number of carbonyl (C=O) groups is 1. The van der Waals surface area contributed by atoms with Crippen LogP contribution in [0, 0.1) is 0 Å². The number of amides is 1. The van der Waals surface area contributed by atoms with Crippen molar-refractivity contribution < 1.29 is 27.4 Å². The fraction of sp³-hybridized carbons (Fsp3) is 0.650. The summed E-state index contributed by atoms with van der Waals surface area (Å²) in [6, 6.07) is 5.04. The SMILES string of the molecule is CC(C)(C)OC(=O)N1CCN(Cc2cc(Br)cc(OCC(F)(F)F)c2)CC12CC2. The van der Waals surface area contributed by atoms with Gasteiger partial charge in [-0.25, -0.2) is 4.79 Å². The van der Waals surface area contributed by atoms with E-state index in [1.54, 1.807) is 6.07 Å². The number of hydrogen-bond donors (Lipinski definition) is 0. The number of hydrogen-bond acceptors (Lipinski definition) is 4. The van der Waals surface area contributed by atoms with Crippen molar-refractivity contribution in [3.05, 3.63) is 28.2 Å². The van der Waals surface area contributed by atoms with E-state index < -0.39 is 18.4 Å². The summed E-state index contributed by atoms with van der Waals surface area (Å²) < 4.78 is 48.4. The second-order valence-electron chi connectivity index (χ2n) is 8.77. The summed E-state index contributed by atoms with van der Waals surface area (Å²) in [6.07, 6.45) is -2.79. The summed E-state index contributed by atoms with van der Waals surface area (Å²) in [5.74, 6) is 0.181. The van der Waals surface area contributed by atoms with Crippen molar-refractivity contribution in [3.63, 3.8) is 0 Å². The number of ether oxygens (including phenoxy) is 2. The molecule has 3 rings (SSSR count). The highest BCUT2D eigenvalue weighted by molar-refractivity contribution is 9.10. The third kappa shape index (κ3) is 6.25. The lowest BCUT2D eigenvalue weighted by Gasteiger charge is -2.42. The Balaban J connectivity index is 1.63. The van der Waals surface area contributed by atoms with Gasteiger partial charge in [0.15, 0.2) is 6.61 Å². The van der Waals surface area contributed by atoms with Crippen LogP contribution in [0.2, 0.25) is 0 Å². The van der Waals surface area contributed by atoms with Crippen molar-refractivity contribution in [1.29, 1.82) is 0 Å². The highest BCUT2D eigenvalue weighted by Crippen LogP contribution is 2.45. The van der Waals surface area contributed by atoms with Gasteiger partial charge in [0.2, 0.25) is 0 Å². The van der Waals surface area contributed by atoms with Gasteiger partial charge in [0.05, 0.1) is 5.54 Å². The maximum absolute atomic E-state index is 12.5. The van der Waals surface area contributed by atoms with Crippen molar-refractivity contribution in [1.82, 2.24) is 9.80 Å². The van der Waals surface area contributed by atoms with E-state index in [2.05, 4.69) is 20.8 Å². The molecule has 0 radical (unpaired) electrons. The molecule has 2 fully saturated rings. The molecule has 1 aromatic rings. The fourth-order valence-corrected chi connectivity index (χ4v) is 4.11. The number of rotatable bonds is 4. The second-order valence-corrected chi connectivity index (χ2v) is 9.68. The molecule has 1 spiro atoms. The summed E-state index contributed by atoms with van der Waals surface area (Å²) in [6.45, 7) is 6.78. The van der Waals surface area contributed by atoms with E-state index >= 15 is 0 Å². The van der Waals surface area contributed by atoms with Crippen LogP contribution in [-0.2, 0) is 11.3 Å². The summed E-state index contributed by atoms with van der Waals surface area (Å²) in [4.78, 5) is 16.6. The summed E-state index contributed by atoms with van der Waals surface area (Å²) in [7, 11) is 0. The number of carbonyl (C=O) groups excluding carboxylic acids is 1. The number of alkyl halides is 3. The first-order valence-corrected chi connectivity index (χ1v) is 10.4. The number of nitrogens with zero attached hydrogens (tertiary/aromatic N) is 2. The van der Waals surface area contributed by atoms with E-state index in [1.807, 2.05) is 31.7 Å². The number of piperazine rings is 1. The van der Waals surface area contributed by atoms with Crippen LogP contribution >= 0.6 is 15.9 Å². The Labute approximate surface area is 177 Å². The quantitative estimate of drug-likeness (QED) is 0.612. The van der Waals surface area contributed by atoms with Crippen molar-refractivity contribution in [3.8, 4) is 5.75 Å². The molecule has 1 amide bonds. The molecule has 162 valence electrons. The Morgan fingerprint density at radius 3 is 2.45 bits per heavy atom. The van der Waals surface area contributed by atoms with Crippen molar-refractivity contribution in [2.75, 3.05) is 26.2 Å². The van der Waals surface area contributed by atoms with E-state index in [-0.39, 0.29) is 17.4 Å². The smallest absolute Gasteiger partial charge is 0.422 e. The van der Waals surface area contributed by atoms with Gasteiger partial charge in [-0.3, -0.25) is 9.80 Å². The molecule has 9 heteroatoms. The Kier molecular flexibility index (Phi) is 6.11. The molecule has 0 bridgehead atoms. The monoisotopic (exact) mass is 478 g/mol. The highest BCUT2D eigenvalue weighted by atomic mass is 79.9. The van der Waals surface area contributed by atoms with E-state index in [0.29, 0.717) is 24.1 Å². The largest absolute Gasteiger partial charge is 0.484 e. The minimum absolute atomic E-state index is 0.181. The van der Waals surface area contributed by atoms with Crippen LogP contribution in [0.3, 0.4) is 0 Å². The van der Waals surface area contributed by atoms with Gasteiger partial charge in [0.1, 0.15) is 11.4 Å². The zero-order valence-corrected chi connectivity index (χ0v) is 18.4. The lowest BCUT2D eigenvalue weighted by Crippen LogP contribution is -2.57. The van der Waals surface area contributed by atoms with Crippen LogP contribution in [0.4, 0.5) is 18.0 Å². The molecule has 5 nitrogen and oxygen atoms in total. The lowest BCUT2D eigenvalue weighted by molar-refractivity contribution is -0.153. The number of halogens is 4. The lowest BCUT2D eigenvalue weighted by atomic mass is 10.1. The van der Waals surface area contributed by atoms with Crippen LogP contribution in [0.5, 0.6) is 5.75 Å². The van der Waals surface area contributed by atoms with Crippen LogP contribution in [0.15, 0.2) is 22.7 Å². The number of benzene rings is 1. The average molecular weight is 479 g/mol. The highest BCUT2D eigenvalue weighted by Gasteiger charge is 2.54. The average Bonchev–Trinajstić information content (AvgIpc) is 3.29. The van der Waals surface area contributed by atoms with Crippen LogP contribution < -0.4 is 4.74 Å². The van der Waals surface area contributed by atoms with Crippen LogP contribution in [0.25, 0.3) is 0 Å². The Hall–Kier alpha value is -1.48. The van der Waals surface area contributed by atoms with E-state index in [4.69, 9.17) is 9.47 Å². The summed E-state index contributed by atoms with van der Waals surface area (Å²) in [5.41, 5.74) is 0.133. The first kappa shape index (κ1) is 22.2. The maximum atomic E-state index is 12.5. The Morgan fingerprint density at radius 1 is 1.17 bits per heavy atom. The van der Waals surface area contributed by atoms with Gasteiger partial charge in [-0.05, 0) is 57.4 Å². The minimum atomic E-state index is -4.38. The van der Waals surface area contributed by atoms with E-state index in [9.17, 15) is 18.0 Å². The molecule has 0 N–H and O–H groups in total. The van der Waals surface area contributed by atoms with Crippen molar-refractivity contribution in [2.24, 2.45) is 0 Å². The van der Waals surface area contributed by atoms with Gasteiger partial charge in [-0.2, -0.15) is 13.2 Å². The maximum Gasteiger partial charge on any atom is 0.422 e. The third-order valence-electron chi connectivity index (χ3n) is 4.91. The summed E-state index contributed by atoms with van der Waals surface area (Å²) >= 11 is 3.34. The first-order valence-electron chi connectivity index (χ1n) is 9.57.